The molecule has 2 aromatic heterocycles. The van der Waals surface area contributed by atoms with E-state index in [1.807, 2.05) is 24.6 Å². The van der Waals surface area contributed by atoms with Crippen LogP contribution in [0.1, 0.15) is 11.4 Å². The van der Waals surface area contributed by atoms with Gasteiger partial charge in [-0.2, -0.15) is 0 Å². The van der Waals surface area contributed by atoms with Gasteiger partial charge in [-0.1, -0.05) is 0 Å². The van der Waals surface area contributed by atoms with Crippen LogP contribution < -0.4 is 10.6 Å². The highest BCUT2D eigenvalue weighted by atomic mass is 35.5. The fourth-order valence-corrected chi connectivity index (χ4v) is 2.29. The third-order valence-electron chi connectivity index (χ3n) is 2.57. The molecule has 0 unspecified atom stereocenters. The summed E-state index contributed by atoms with van der Waals surface area (Å²) in [5.41, 5.74) is 1.96. The average Bonchev–Trinajstić information content (AvgIpc) is 2.93. The number of thiazole rings is 1. The molecule has 21 heavy (non-hydrogen) atoms. The Morgan fingerprint density at radius 3 is 2.67 bits per heavy atom. The minimum Gasteiger partial charge on any atom is -0.350 e. The molecule has 2 N–H and O–H groups in total. The van der Waals surface area contributed by atoms with Crippen LogP contribution in [0.25, 0.3) is 11.3 Å². The Labute approximate surface area is 140 Å². The normalized spacial score (nSPS) is 9.38. The second-order valence-electron chi connectivity index (χ2n) is 3.99. The van der Waals surface area contributed by atoms with Gasteiger partial charge in [0.1, 0.15) is 5.01 Å². The number of carbonyl (C=O) groups is 1. The van der Waals surface area contributed by atoms with Crippen LogP contribution >= 0.6 is 36.2 Å². The van der Waals surface area contributed by atoms with Crippen molar-refractivity contribution < 1.29 is 4.79 Å². The molecule has 8 heteroatoms. The number of rotatable bonds is 6. The van der Waals surface area contributed by atoms with Crippen LogP contribution in [0.5, 0.6) is 0 Å². The average molecular weight is 349 g/mol. The van der Waals surface area contributed by atoms with E-state index in [9.17, 15) is 4.79 Å². The lowest BCUT2D eigenvalue weighted by molar-refractivity contribution is -0.121. The maximum absolute atomic E-state index is 11.5. The molecule has 5 nitrogen and oxygen atoms in total. The molecule has 0 aromatic carbocycles. The predicted octanol–water partition coefficient (Wildman–Crippen LogP) is 2.27. The van der Waals surface area contributed by atoms with Crippen molar-refractivity contribution in [2.75, 3.05) is 13.6 Å². The van der Waals surface area contributed by atoms with Crippen molar-refractivity contribution >= 4 is 42.1 Å². The topological polar surface area (TPSA) is 66.9 Å². The fraction of sp³-hybridized carbons (Fsp3) is 0.308. The highest BCUT2D eigenvalue weighted by molar-refractivity contribution is 7.09. The van der Waals surface area contributed by atoms with Crippen molar-refractivity contribution in [3.8, 4) is 11.3 Å². The van der Waals surface area contributed by atoms with E-state index in [4.69, 9.17) is 0 Å². The van der Waals surface area contributed by atoms with Crippen LogP contribution in [0.4, 0.5) is 0 Å². The van der Waals surface area contributed by atoms with Gasteiger partial charge in [0.2, 0.25) is 5.91 Å². The van der Waals surface area contributed by atoms with Gasteiger partial charge in [0.15, 0.2) is 0 Å². The zero-order valence-corrected chi connectivity index (χ0v) is 14.0. The Hall–Kier alpha value is -1.21. The summed E-state index contributed by atoms with van der Waals surface area (Å²) in [5.74, 6) is 0.0370. The van der Waals surface area contributed by atoms with Gasteiger partial charge in [-0.15, -0.1) is 36.2 Å². The molecule has 2 rings (SSSR count). The van der Waals surface area contributed by atoms with E-state index in [0.29, 0.717) is 19.5 Å². The number of aromatic nitrogens is 2. The number of carbonyl (C=O) groups excluding carboxylic acids is 1. The van der Waals surface area contributed by atoms with Gasteiger partial charge in [-0.25, -0.2) is 4.98 Å². The molecule has 1 amide bonds. The summed E-state index contributed by atoms with van der Waals surface area (Å²) in [6.07, 6.45) is 3.97. The number of nitrogens with zero attached hydrogens (tertiary/aromatic N) is 2. The Morgan fingerprint density at radius 1 is 1.29 bits per heavy atom. The lowest BCUT2D eigenvalue weighted by atomic mass is 10.2. The minimum absolute atomic E-state index is 0. The summed E-state index contributed by atoms with van der Waals surface area (Å²) in [7, 11) is 1.83. The van der Waals surface area contributed by atoms with E-state index in [1.54, 1.807) is 23.7 Å². The summed E-state index contributed by atoms with van der Waals surface area (Å²) in [6.45, 7) is 1.17. The smallest absolute Gasteiger partial charge is 0.221 e. The largest absolute Gasteiger partial charge is 0.350 e. The predicted molar refractivity (Wildman–Crippen MR) is 90.2 cm³/mol. The van der Waals surface area contributed by atoms with E-state index in [-0.39, 0.29) is 30.7 Å². The minimum atomic E-state index is 0. The Morgan fingerprint density at radius 2 is 2.00 bits per heavy atom. The number of halogens is 2. The highest BCUT2D eigenvalue weighted by Gasteiger charge is 2.06. The van der Waals surface area contributed by atoms with Crippen molar-refractivity contribution in [1.29, 1.82) is 0 Å². The van der Waals surface area contributed by atoms with E-state index in [0.717, 1.165) is 16.3 Å². The van der Waals surface area contributed by atoms with E-state index >= 15 is 0 Å². The number of pyridine rings is 1. The van der Waals surface area contributed by atoms with Crippen molar-refractivity contribution in [3.05, 3.63) is 34.9 Å². The quantitative estimate of drug-likeness (QED) is 0.840. The highest BCUT2D eigenvalue weighted by Crippen LogP contribution is 2.20. The van der Waals surface area contributed by atoms with Crippen LogP contribution in [0, 0.1) is 0 Å². The van der Waals surface area contributed by atoms with Crippen LogP contribution in [0.15, 0.2) is 29.9 Å². The maximum atomic E-state index is 11.5. The lowest BCUT2D eigenvalue weighted by Crippen LogP contribution is -2.25. The molecule has 2 heterocycles. The van der Waals surface area contributed by atoms with Gasteiger partial charge >= 0.3 is 0 Å². The van der Waals surface area contributed by atoms with E-state index in [2.05, 4.69) is 20.6 Å². The summed E-state index contributed by atoms with van der Waals surface area (Å²) >= 11 is 1.55. The molecule has 0 radical (unpaired) electrons. The molecule has 2 aromatic rings. The first-order valence-electron chi connectivity index (χ1n) is 6.05. The molecule has 0 saturated carbocycles. The van der Waals surface area contributed by atoms with Crippen molar-refractivity contribution in [1.82, 2.24) is 20.6 Å². The molecule has 0 bridgehead atoms. The fourth-order valence-electron chi connectivity index (χ4n) is 1.55. The molecule has 116 valence electrons. The standard InChI is InChI=1S/C13H16N4OS.2ClH/c1-14-5-4-12(18)16-8-13-17-11(9-19-13)10-2-6-15-7-3-10;;/h2-3,6-7,9,14H,4-5,8H2,1H3,(H,16,18);2*1H. The Balaban J connectivity index is 0.00000200. The van der Waals surface area contributed by atoms with Crippen LogP contribution in [-0.2, 0) is 11.3 Å². The molecule has 0 saturated heterocycles. The van der Waals surface area contributed by atoms with Gasteiger partial charge in [-0.05, 0) is 19.2 Å². The van der Waals surface area contributed by atoms with Gasteiger partial charge in [-0.3, -0.25) is 9.78 Å². The molecular formula is C13H18Cl2N4OS. The number of amides is 1. The molecular weight excluding hydrogens is 331 g/mol. The number of hydrogen-bond donors (Lipinski definition) is 2. The van der Waals surface area contributed by atoms with Crippen molar-refractivity contribution in [2.45, 2.75) is 13.0 Å². The summed E-state index contributed by atoms with van der Waals surface area (Å²) in [5, 5.41) is 8.70. The first-order chi connectivity index (χ1) is 9.29. The van der Waals surface area contributed by atoms with E-state index < -0.39 is 0 Å². The van der Waals surface area contributed by atoms with Crippen molar-refractivity contribution in [2.24, 2.45) is 0 Å². The molecule has 0 atom stereocenters. The maximum Gasteiger partial charge on any atom is 0.221 e. The zero-order valence-electron chi connectivity index (χ0n) is 11.5. The molecule has 0 spiro atoms. The SMILES string of the molecule is CNCCC(=O)NCc1nc(-c2ccncc2)cs1.Cl.Cl. The summed E-state index contributed by atoms with van der Waals surface area (Å²) in [4.78, 5) is 19.9. The third-order valence-corrected chi connectivity index (χ3v) is 3.42. The Bertz CT molecular complexity index is 536. The van der Waals surface area contributed by atoms with Gasteiger partial charge < -0.3 is 10.6 Å². The van der Waals surface area contributed by atoms with E-state index in [1.165, 1.54) is 0 Å². The number of hydrogen-bond acceptors (Lipinski definition) is 5. The third kappa shape index (κ3) is 6.39. The zero-order chi connectivity index (χ0) is 13.5. The monoisotopic (exact) mass is 348 g/mol. The second-order valence-corrected chi connectivity index (χ2v) is 4.94. The molecule has 0 aliphatic heterocycles. The van der Waals surface area contributed by atoms with Crippen LogP contribution in [0.2, 0.25) is 0 Å². The van der Waals surface area contributed by atoms with Gasteiger partial charge in [0, 0.05) is 36.3 Å². The summed E-state index contributed by atoms with van der Waals surface area (Å²) in [6, 6.07) is 3.84. The van der Waals surface area contributed by atoms with Crippen LogP contribution in [0.3, 0.4) is 0 Å². The Kier molecular flexibility index (Phi) is 9.90. The molecule has 0 aliphatic rings. The summed E-state index contributed by atoms with van der Waals surface area (Å²) < 4.78 is 0. The first kappa shape index (κ1) is 19.8. The van der Waals surface area contributed by atoms with Crippen molar-refractivity contribution in [3.63, 3.8) is 0 Å². The molecule has 0 fully saturated rings. The van der Waals surface area contributed by atoms with Gasteiger partial charge in [0.25, 0.3) is 0 Å². The van der Waals surface area contributed by atoms with Gasteiger partial charge in [0.05, 0.1) is 12.2 Å². The number of nitrogens with one attached hydrogen (secondary N) is 2. The molecule has 0 aliphatic carbocycles. The van der Waals surface area contributed by atoms with Crippen LogP contribution in [-0.4, -0.2) is 29.5 Å². The first-order valence-corrected chi connectivity index (χ1v) is 6.93. The lowest BCUT2D eigenvalue weighted by Gasteiger charge is -2.02. The second kappa shape index (κ2) is 10.5.